The number of rotatable bonds is 4. The molecule has 156 valence electrons. The van der Waals surface area contributed by atoms with Crippen LogP contribution in [0.3, 0.4) is 0 Å². The first kappa shape index (κ1) is 20.1. The largest absolute Gasteiger partial charge is 0.478 e. The molecule has 5 nitrogen and oxygen atoms in total. The third kappa shape index (κ3) is 4.25. The number of aryl methyl sites for hydroxylation is 1. The van der Waals surface area contributed by atoms with Crippen LogP contribution in [0.1, 0.15) is 56.3 Å². The SMILES string of the molecule is CC(C)NC1C2CC3CC(C2)CC1C3.Cn1ncc(C(=O)O)c1-c1ccccc1. The molecule has 1 aromatic carbocycles. The van der Waals surface area contributed by atoms with E-state index in [1.165, 1.54) is 31.9 Å². The zero-order valence-corrected chi connectivity index (χ0v) is 17.7. The van der Waals surface area contributed by atoms with Crippen LogP contribution in [0, 0.1) is 23.7 Å². The molecule has 1 heterocycles. The van der Waals surface area contributed by atoms with Crippen molar-refractivity contribution >= 4 is 5.97 Å². The van der Waals surface area contributed by atoms with E-state index in [1.807, 2.05) is 30.3 Å². The zero-order valence-electron chi connectivity index (χ0n) is 17.7. The fourth-order valence-electron chi connectivity index (χ4n) is 6.11. The van der Waals surface area contributed by atoms with E-state index in [0.29, 0.717) is 11.7 Å². The van der Waals surface area contributed by atoms with Crippen LogP contribution in [-0.4, -0.2) is 32.9 Å². The molecule has 0 aliphatic heterocycles. The molecule has 4 saturated carbocycles. The van der Waals surface area contributed by atoms with E-state index >= 15 is 0 Å². The summed E-state index contributed by atoms with van der Waals surface area (Å²) in [5.74, 6) is 3.34. The van der Waals surface area contributed by atoms with E-state index in [0.717, 1.165) is 35.3 Å². The van der Waals surface area contributed by atoms with Crippen LogP contribution in [0.4, 0.5) is 0 Å². The third-order valence-corrected chi connectivity index (χ3v) is 6.97. The van der Waals surface area contributed by atoms with Crippen molar-refractivity contribution in [1.29, 1.82) is 0 Å². The van der Waals surface area contributed by atoms with Crippen LogP contribution >= 0.6 is 0 Å². The van der Waals surface area contributed by atoms with Crippen molar-refractivity contribution in [3.63, 3.8) is 0 Å². The lowest BCUT2D eigenvalue weighted by Crippen LogP contribution is -2.55. The highest BCUT2D eigenvalue weighted by molar-refractivity contribution is 5.94. The summed E-state index contributed by atoms with van der Waals surface area (Å²) in [5.41, 5.74) is 1.71. The molecule has 4 aliphatic carbocycles. The molecule has 6 rings (SSSR count). The van der Waals surface area contributed by atoms with Gasteiger partial charge in [-0.2, -0.15) is 5.10 Å². The smallest absolute Gasteiger partial charge is 0.339 e. The Labute approximate surface area is 173 Å². The monoisotopic (exact) mass is 395 g/mol. The van der Waals surface area contributed by atoms with E-state index in [2.05, 4.69) is 24.3 Å². The van der Waals surface area contributed by atoms with Crippen LogP contribution in [-0.2, 0) is 7.05 Å². The molecule has 0 spiro atoms. The average Bonchev–Trinajstić information content (AvgIpc) is 3.07. The third-order valence-electron chi connectivity index (χ3n) is 6.97. The molecule has 0 radical (unpaired) electrons. The van der Waals surface area contributed by atoms with Gasteiger partial charge in [0.05, 0.1) is 11.9 Å². The number of carbonyl (C=O) groups is 1. The molecule has 5 heteroatoms. The van der Waals surface area contributed by atoms with Gasteiger partial charge in [-0.05, 0) is 55.8 Å². The van der Waals surface area contributed by atoms with Gasteiger partial charge in [0.15, 0.2) is 0 Å². The molecule has 1 aromatic heterocycles. The van der Waals surface area contributed by atoms with Gasteiger partial charge in [-0.15, -0.1) is 0 Å². The van der Waals surface area contributed by atoms with Crippen LogP contribution < -0.4 is 5.32 Å². The molecule has 2 aromatic rings. The number of aromatic carboxylic acids is 1. The van der Waals surface area contributed by atoms with Crippen LogP contribution in [0.25, 0.3) is 11.3 Å². The van der Waals surface area contributed by atoms with Crippen LogP contribution in [0.2, 0.25) is 0 Å². The second kappa shape index (κ2) is 8.31. The number of aromatic nitrogens is 2. The summed E-state index contributed by atoms with van der Waals surface area (Å²) < 4.78 is 1.57. The predicted molar refractivity (Wildman–Crippen MR) is 115 cm³/mol. The Morgan fingerprint density at radius 3 is 2.17 bits per heavy atom. The van der Waals surface area contributed by atoms with Crippen molar-refractivity contribution in [3.05, 3.63) is 42.1 Å². The second-order valence-electron chi connectivity index (χ2n) is 9.48. The minimum absolute atomic E-state index is 0.226. The van der Waals surface area contributed by atoms with E-state index in [4.69, 9.17) is 5.11 Å². The maximum atomic E-state index is 11.0. The van der Waals surface area contributed by atoms with Gasteiger partial charge in [0.1, 0.15) is 5.56 Å². The first-order valence-electron chi connectivity index (χ1n) is 11.0. The van der Waals surface area contributed by atoms with Gasteiger partial charge in [-0.25, -0.2) is 4.79 Å². The van der Waals surface area contributed by atoms with Crippen molar-refractivity contribution in [1.82, 2.24) is 15.1 Å². The molecule has 0 unspecified atom stereocenters. The fourth-order valence-corrected chi connectivity index (χ4v) is 6.11. The van der Waals surface area contributed by atoms with Crippen molar-refractivity contribution in [2.45, 2.75) is 58.0 Å². The minimum Gasteiger partial charge on any atom is -0.478 e. The van der Waals surface area contributed by atoms with E-state index in [1.54, 1.807) is 18.2 Å². The van der Waals surface area contributed by atoms with E-state index in [9.17, 15) is 4.79 Å². The average molecular weight is 396 g/mol. The maximum Gasteiger partial charge on any atom is 0.339 e. The number of nitrogens with one attached hydrogen (secondary N) is 1. The summed E-state index contributed by atoms with van der Waals surface area (Å²) >= 11 is 0. The van der Waals surface area contributed by atoms with Gasteiger partial charge in [0, 0.05) is 24.7 Å². The molecule has 0 saturated heterocycles. The molecule has 0 amide bonds. The van der Waals surface area contributed by atoms with Crippen molar-refractivity contribution in [2.24, 2.45) is 30.7 Å². The molecule has 0 atom stereocenters. The predicted octanol–water partition coefficient (Wildman–Crippen LogP) is 4.59. The minimum atomic E-state index is -0.957. The zero-order chi connectivity index (χ0) is 20.5. The maximum absolute atomic E-state index is 11.0. The molecular formula is C24H33N3O2. The van der Waals surface area contributed by atoms with Gasteiger partial charge in [-0.1, -0.05) is 44.2 Å². The lowest BCUT2D eigenvalue weighted by atomic mass is 9.54. The Balaban J connectivity index is 0.000000141. The van der Waals surface area contributed by atoms with Crippen LogP contribution in [0.15, 0.2) is 36.5 Å². The van der Waals surface area contributed by atoms with Gasteiger partial charge >= 0.3 is 5.97 Å². The summed E-state index contributed by atoms with van der Waals surface area (Å²) in [6.07, 6.45) is 9.09. The van der Waals surface area contributed by atoms with Crippen molar-refractivity contribution in [3.8, 4) is 11.3 Å². The van der Waals surface area contributed by atoms with E-state index < -0.39 is 5.97 Å². The molecule has 4 fully saturated rings. The lowest BCUT2D eigenvalue weighted by molar-refractivity contribution is -0.0163. The summed E-state index contributed by atoms with van der Waals surface area (Å²) in [6, 6.07) is 10.9. The highest BCUT2D eigenvalue weighted by atomic mass is 16.4. The molecular weight excluding hydrogens is 362 g/mol. The number of carboxylic acid groups (broad SMARTS) is 1. The summed E-state index contributed by atoms with van der Waals surface area (Å²) in [6.45, 7) is 4.59. The highest BCUT2D eigenvalue weighted by Crippen LogP contribution is 2.53. The standard InChI is InChI=1S/C13H23N.C11H10N2O2/c1-8(2)14-13-11-4-9-3-10(6-11)7-12(13)5-9;1-13-10(8-5-3-2-4-6-8)9(7-12-13)11(14)15/h8-14H,3-7H2,1-2H3;2-7H,1H3,(H,14,15). The Bertz CT molecular complexity index is 815. The first-order valence-corrected chi connectivity index (χ1v) is 11.0. The number of carboxylic acids is 1. The second-order valence-corrected chi connectivity index (χ2v) is 9.48. The topological polar surface area (TPSA) is 67.2 Å². The normalized spacial score (nSPS) is 29.6. The van der Waals surface area contributed by atoms with Gasteiger partial charge in [0.25, 0.3) is 0 Å². The molecule has 4 bridgehead atoms. The molecule has 29 heavy (non-hydrogen) atoms. The summed E-state index contributed by atoms with van der Waals surface area (Å²) in [7, 11) is 1.73. The Morgan fingerprint density at radius 2 is 1.66 bits per heavy atom. The fraction of sp³-hybridized carbons (Fsp3) is 0.583. The van der Waals surface area contributed by atoms with E-state index in [-0.39, 0.29) is 5.56 Å². The Morgan fingerprint density at radius 1 is 1.07 bits per heavy atom. The van der Waals surface area contributed by atoms with Gasteiger partial charge < -0.3 is 10.4 Å². The van der Waals surface area contributed by atoms with Crippen LogP contribution in [0.5, 0.6) is 0 Å². The number of hydrogen-bond donors (Lipinski definition) is 2. The lowest BCUT2D eigenvalue weighted by Gasteiger charge is -2.55. The van der Waals surface area contributed by atoms with Gasteiger partial charge in [0.2, 0.25) is 0 Å². The summed E-state index contributed by atoms with van der Waals surface area (Å²) in [5, 5.41) is 16.8. The molecule has 4 aliphatic rings. The number of nitrogens with zero attached hydrogens (tertiary/aromatic N) is 2. The quantitative estimate of drug-likeness (QED) is 0.794. The Kier molecular flexibility index (Phi) is 5.77. The van der Waals surface area contributed by atoms with Crippen molar-refractivity contribution < 1.29 is 9.90 Å². The Hall–Kier alpha value is -2.14. The van der Waals surface area contributed by atoms with Crippen molar-refractivity contribution in [2.75, 3.05) is 0 Å². The summed E-state index contributed by atoms with van der Waals surface area (Å²) in [4.78, 5) is 11.0. The number of benzene rings is 1. The van der Waals surface area contributed by atoms with Gasteiger partial charge in [-0.3, -0.25) is 4.68 Å². The number of hydrogen-bond acceptors (Lipinski definition) is 3. The first-order chi connectivity index (χ1) is 13.9. The highest BCUT2D eigenvalue weighted by Gasteiger charge is 2.47. The molecule has 2 N–H and O–H groups in total.